The number of hydrogen-bond acceptors (Lipinski definition) is 8. The highest BCUT2D eigenvalue weighted by Gasteiger charge is 2.31. The van der Waals surface area contributed by atoms with Crippen LogP contribution in [0.4, 0.5) is 11.4 Å². The number of nitro benzene ring substituents is 1. The Labute approximate surface area is 174 Å². The number of anilines is 1. The Balaban J connectivity index is 1.52. The van der Waals surface area contributed by atoms with Gasteiger partial charge in [0.2, 0.25) is 5.91 Å². The first-order valence-electron chi connectivity index (χ1n) is 8.41. The van der Waals surface area contributed by atoms with Gasteiger partial charge in [0, 0.05) is 25.1 Å². The number of thiocarbonyl (C=S) groups is 1. The van der Waals surface area contributed by atoms with Crippen molar-refractivity contribution in [3.8, 4) is 5.75 Å². The van der Waals surface area contributed by atoms with Gasteiger partial charge in [0.15, 0.2) is 0 Å². The number of furan rings is 1. The summed E-state index contributed by atoms with van der Waals surface area (Å²) in [6.45, 7) is 0.264. The van der Waals surface area contributed by atoms with Crippen LogP contribution in [-0.4, -0.2) is 37.6 Å². The van der Waals surface area contributed by atoms with E-state index in [2.05, 4.69) is 5.32 Å². The number of nitrogens with one attached hydrogen (secondary N) is 1. The van der Waals surface area contributed by atoms with Crippen LogP contribution in [-0.2, 0) is 9.59 Å². The van der Waals surface area contributed by atoms with Crippen LogP contribution in [0.1, 0.15) is 18.6 Å². The van der Waals surface area contributed by atoms with Gasteiger partial charge in [-0.3, -0.25) is 24.6 Å². The van der Waals surface area contributed by atoms with E-state index in [9.17, 15) is 24.8 Å². The predicted octanol–water partition coefficient (Wildman–Crippen LogP) is 3.51. The van der Waals surface area contributed by atoms with E-state index in [4.69, 9.17) is 16.6 Å². The Kier molecular flexibility index (Phi) is 6.29. The van der Waals surface area contributed by atoms with Crippen LogP contribution in [0.15, 0.2) is 45.9 Å². The molecule has 0 unspecified atom stereocenters. The van der Waals surface area contributed by atoms with Gasteiger partial charge in [-0.15, -0.1) is 0 Å². The number of non-ortho nitro benzene ring substituents is 1. The molecule has 1 saturated heterocycles. The number of phenols is 1. The molecule has 2 heterocycles. The molecule has 9 nitrogen and oxygen atoms in total. The molecule has 150 valence electrons. The molecule has 2 aromatic rings. The van der Waals surface area contributed by atoms with Crippen molar-refractivity contribution in [1.82, 2.24) is 4.90 Å². The van der Waals surface area contributed by atoms with Gasteiger partial charge in [0.05, 0.1) is 27.8 Å². The van der Waals surface area contributed by atoms with Crippen molar-refractivity contribution in [3.63, 3.8) is 0 Å². The van der Waals surface area contributed by atoms with Gasteiger partial charge in [0.1, 0.15) is 15.8 Å². The van der Waals surface area contributed by atoms with E-state index in [-0.39, 0.29) is 30.2 Å². The molecular weight excluding hydrogens is 418 g/mol. The molecule has 1 aromatic heterocycles. The smallest absolute Gasteiger partial charge is 0.273 e. The highest BCUT2D eigenvalue weighted by molar-refractivity contribution is 8.26. The largest absolute Gasteiger partial charge is 0.506 e. The summed E-state index contributed by atoms with van der Waals surface area (Å²) in [7, 11) is 0. The van der Waals surface area contributed by atoms with E-state index in [1.807, 2.05) is 0 Å². The Morgan fingerprint density at radius 3 is 2.86 bits per heavy atom. The maximum Gasteiger partial charge on any atom is 0.273 e. The van der Waals surface area contributed by atoms with Gasteiger partial charge < -0.3 is 14.8 Å². The van der Waals surface area contributed by atoms with Gasteiger partial charge in [-0.25, -0.2) is 0 Å². The zero-order valence-corrected chi connectivity index (χ0v) is 16.5. The number of thioether (sulfide) groups is 1. The molecule has 1 fully saturated rings. The van der Waals surface area contributed by atoms with E-state index in [0.717, 1.165) is 6.07 Å². The number of carbonyl (C=O) groups is 2. The Bertz CT molecular complexity index is 1000. The summed E-state index contributed by atoms with van der Waals surface area (Å²) < 4.78 is 5.60. The van der Waals surface area contributed by atoms with Crippen molar-refractivity contribution in [1.29, 1.82) is 0 Å². The standard InChI is InChI=1S/C18H15N3O6S2/c22-14-9-11(21(25)26)5-6-13(14)19-16(23)4-1-7-20-17(24)15(29-18(20)28)10-12-3-2-8-27-12/h2-3,5-6,8-10,22H,1,4,7H2,(H,19,23)/b15-10+. The number of nitrogens with zero attached hydrogens (tertiary/aromatic N) is 2. The second kappa shape index (κ2) is 8.88. The average Bonchev–Trinajstić information content (AvgIpc) is 3.27. The number of aromatic hydroxyl groups is 1. The summed E-state index contributed by atoms with van der Waals surface area (Å²) in [4.78, 5) is 36.4. The summed E-state index contributed by atoms with van der Waals surface area (Å²) in [5.41, 5.74) is -0.204. The molecule has 0 spiro atoms. The quantitative estimate of drug-likeness (QED) is 0.223. The monoisotopic (exact) mass is 433 g/mol. The van der Waals surface area contributed by atoms with Crippen LogP contribution in [0.3, 0.4) is 0 Å². The van der Waals surface area contributed by atoms with Crippen LogP contribution in [0.2, 0.25) is 0 Å². The average molecular weight is 433 g/mol. The van der Waals surface area contributed by atoms with Crippen molar-refractivity contribution < 1.29 is 24.0 Å². The lowest BCUT2D eigenvalue weighted by Crippen LogP contribution is -2.29. The van der Waals surface area contributed by atoms with Crippen LogP contribution in [0.5, 0.6) is 5.75 Å². The zero-order valence-electron chi connectivity index (χ0n) is 14.9. The second-order valence-corrected chi connectivity index (χ2v) is 7.63. The van der Waals surface area contributed by atoms with E-state index in [1.165, 1.54) is 35.1 Å². The molecule has 2 N–H and O–H groups in total. The highest BCUT2D eigenvalue weighted by Crippen LogP contribution is 2.33. The van der Waals surface area contributed by atoms with Crippen LogP contribution in [0, 0.1) is 10.1 Å². The minimum absolute atomic E-state index is 0.0741. The van der Waals surface area contributed by atoms with Crippen molar-refractivity contribution in [3.05, 3.63) is 57.4 Å². The molecule has 0 atom stereocenters. The fourth-order valence-corrected chi connectivity index (χ4v) is 3.83. The Hall–Kier alpha value is -3.18. The van der Waals surface area contributed by atoms with Crippen molar-refractivity contribution >= 4 is 57.6 Å². The molecule has 3 rings (SSSR count). The fraction of sp³-hybridized carbons (Fsp3) is 0.167. The number of carbonyl (C=O) groups excluding carboxylic acids is 2. The molecule has 2 amide bonds. The molecule has 0 saturated carbocycles. The number of rotatable bonds is 7. The fourth-order valence-electron chi connectivity index (χ4n) is 2.55. The summed E-state index contributed by atoms with van der Waals surface area (Å²) in [5.74, 6) is -0.490. The summed E-state index contributed by atoms with van der Waals surface area (Å²) in [6.07, 6.45) is 3.54. The first-order chi connectivity index (χ1) is 13.8. The lowest BCUT2D eigenvalue weighted by molar-refractivity contribution is -0.384. The topological polar surface area (TPSA) is 126 Å². The lowest BCUT2D eigenvalue weighted by atomic mass is 10.2. The van der Waals surface area contributed by atoms with Crippen molar-refractivity contribution in [2.75, 3.05) is 11.9 Å². The van der Waals surface area contributed by atoms with Gasteiger partial charge in [0.25, 0.3) is 11.6 Å². The zero-order chi connectivity index (χ0) is 21.0. The summed E-state index contributed by atoms with van der Waals surface area (Å²) >= 11 is 6.40. The normalized spacial score (nSPS) is 15.2. The maximum atomic E-state index is 12.5. The third kappa shape index (κ3) is 5.00. The molecule has 0 bridgehead atoms. The van der Waals surface area contributed by atoms with Crippen LogP contribution in [0.25, 0.3) is 6.08 Å². The summed E-state index contributed by atoms with van der Waals surface area (Å²) in [6, 6.07) is 6.84. The molecule has 0 radical (unpaired) electrons. The number of benzene rings is 1. The van der Waals surface area contributed by atoms with Gasteiger partial charge >= 0.3 is 0 Å². The Morgan fingerprint density at radius 1 is 1.41 bits per heavy atom. The lowest BCUT2D eigenvalue weighted by Gasteiger charge is -2.14. The molecule has 1 aliphatic rings. The number of nitro groups is 1. The molecule has 29 heavy (non-hydrogen) atoms. The number of hydrogen-bond donors (Lipinski definition) is 2. The minimum Gasteiger partial charge on any atom is -0.506 e. The van der Waals surface area contributed by atoms with Gasteiger partial charge in [-0.05, 0) is 24.6 Å². The predicted molar refractivity (Wildman–Crippen MR) is 111 cm³/mol. The van der Waals surface area contributed by atoms with E-state index < -0.39 is 16.6 Å². The SMILES string of the molecule is O=C(CCCN1C(=O)/C(=C\c2ccco2)SC1=S)Nc1ccc([N+](=O)[O-])cc1O. The first kappa shape index (κ1) is 20.6. The molecule has 0 aliphatic carbocycles. The third-order valence-corrected chi connectivity index (χ3v) is 5.32. The molecule has 1 aromatic carbocycles. The van der Waals surface area contributed by atoms with Crippen LogP contribution < -0.4 is 5.32 Å². The molecule has 11 heteroatoms. The highest BCUT2D eigenvalue weighted by atomic mass is 32.2. The van der Waals surface area contributed by atoms with E-state index in [1.54, 1.807) is 18.2 Å². The van der Waals surface area contributed by atoms with Crippen LogP contribution >= 0.6 is 24.0 Å². The number of amides is 2. The Morgan fingerprint density at radius 2 is 2.21 bits per heavy atom. The number of phenolic OH excluding ortho intramolecular Hbond substituents is 1. The first-order valence-corrected chi connectivity index (χ1v) is 9.64. The summed E-state index contributed by atoms with van der Waals surface area (Å²) in [5, 5.41) is 22.9. The maximum absolute atomic E-state index is 12.5. The van der Waals surface area contributed by atoms with Crippen molar-refractivity contribution in [2.45, 2.75) is 12.8 Å². The third-order valence-electron chi connectivity index (χ3n) is 3.94. The van der Waals surface area contributed by atoms with Gasteiger partial charge in [-0.1, -0.05) is 24.0 Å². The minimum atomic E-state index is -0.645. The molecule has 1 aliphatic heterocycles. The van der Waals surface area contributed by atoms with Gasteiger partial charge in [-0.2, -0.15) is 0 Å². The van der Waals surface area contributed by atoms with E-state index in [0.29, 0.717) is 21.4 Å². The second-order valence-electron chi connectivity index (χ2n) is 5.96. The molecular formula is C18H15N3O6S2. The van der Waals surface area contributed by atoms with Crippen molar-refractivity contribution in [2.24, 2.45) is 0 Å². The van der Waals surface area contributed by atoms with E-state index >= 15 is 0 Å².